The van der Waals surface area contributed by atoms with Crippen molar-refractivity contribution in [2.75, 3.05) is 0 Å². The molecule has 5 heteroatoms. The summed E-state index contributed by atoms with van der Waals surface area (Å²) in [4.78, 5) is 4.65. The van der Waals surface area contributed by atoms with Crippen LogP contribution in [0, 0.1) is 0 Å². The summed E-state index contributed by atoms with van der Waals surface area (Å²) in [5, 5.41) is 5.24. The Morgan fingerprint density at radius 3 is 2.84 bits per heavy atom. The molecule has 0 aliphatic rings. The number of aryl methyl sites for hydroxylation is 1. The van der Waals surface area contributed by atoms with E-state index in [1.807, 2.05) is 43.6 Å². The number of benzene rings is 1. The second-order valence-electron chi connectivity index (χ2n) is 4.47. The van der Waals surface area contributed by atoms with Gasteiger partial charge in [0.25, 0.3) is 0 Å². The van der Waals surface area contributed by atoms with Crippen LogP contribution in [0.3, 0.4) is 0 Å². The van der Waals surface area contributed by atoms with Crippen LogP contribution in [-0.2, 0) is 7.05 Å². The van der Waals surface area contributed by atoms with Gasteiger partial charge in [0.05, 0.1) is 23.4 Å². The Bertz CT molecular complexity index is 735. The molecule has 3 aromatic rings. The predicted octanol–water partition coefficient (Wildman–Crippen LogP) is 2.78. The zero-order chi connectivity index (χ0) is 13.4. The quantitative estimate of drug-likeness (QED) is 0.791. The summed E-state index contributed by atoms with van der Waals surface area (Å²) >= 11 is 3.55. The van der Waals surface area contributed by atoms with Crippen LogP contribution in [0.15, 0.2) is 47.2 Å². The third-order valence-corrected chi connectivity index (χ3v) is 3.72. The van der Waals surface area contributed by atoms with Crippen LogP contribution < -0.4 is 5.73 Å². The molecule has 1 unspecified atom stereocenters. The Balaban J connectivity index is 2.11. The molecule has 2 aromatic heterocycles. The van der Waals surface area contributed by atoms with Crippen molar-refractivity contribution in [3.8, 4) is 0 Å². The minimum atomic E-state index is -0.285. The van der Waals surface area contributed by atoms with E-state index in [2.05, 4.69) is 26.0 Å². The van der Waals surface area contributed by atoms with Crippen LogP contribution in [0.2, 0.25) is 0 Å². The van der Waals surface area contributed by atoms with Gasteiger partial charge in [0.1, 0.15) is 0 Å². The van der Waals surface area contributed by atoms with Crippen molar-refractivity contribution in [3.63, 3.8) is 0 Å². The van der Waals surface area contributed by atoms with Crippen LogP contribution in [0.4, 0.5) is 0 Å². The van der Waals surface area contributed by atoms with E-state index in [4.69, 9.17) is 5.73 Å². The average Bonchev–Trinajstić information content (AvgIpc) is 2.84. The van der Waals surface area contributed by atoms with Crippen LogP contribution in [-0.4, -0.2) is 14.8 Å². The molecule has 0 fully saturated rings. The van der Waals surface area contributed by atoms with Gasteiger partial charge in [-0.1, -0.05) is 18.2 Å². The van der Waals surface area contributed by atoms with Crippen LogP contribution in [0.1, 0.15) is 17.3 Å². The maximum atomic E-state index is 6.28. The molecule has 1 atom stereocenters. The summed E-state index contributed by atoms with van der Waals surface area (Å²) in [6.07, 6.45) is 3.68. The second kappa shape index (κ2) is 4.75. The van der Waals surface area contributed by atoms with E-state index in [1.165, 1.54) is 0 Å². The highest BCUT2D eigenvalue weighted by Gasteiger charge is 2.16. The molecule has 2 heterocycles. The number of nitrogens with zero attached hydrogens (tertiary/aromatic N) is 3. The second-order valence-corrected chi connectivity index (χ2v) is 5.33. The Kier molecular flexibility index (Phi) is 3.08. The number of aromatic nitrogens is 3. The highest BCUT2D eigenvalue weighted by molar-refractivity contribution is 9.10. The Hall–Kier alpha value is -1.72. The highest BCUT2D eigenvalue weighted by atomic mass is 79.9. The zero-order valence-corrected chi connectivity index (χ0v) is 12.0. The maximum absolute atomic E-state index is 6.28. The first-order valence-electron chi connectivity index (χ1n) is 5.94. The fraction of sp³-hybridized carbons (Fsp3) is 0.143. The minimum Gasteiger partial charge on any atom is -0.319 e. The average molecular weight is 317 g/mol. The highest BCUT2D eigenvalue weighted by Crippen LogP contribution is 2.28. The van der Waals surface area contributed by atoms with Crippen molar-refractivity contribution in [1.29, 1.82) is 0 Å². The Labute approximate surface area is 119 Å². The molecule has 0 saturated heterocycles. The van der Waals surface area contributed by atoms with Gasteiger partial charge in [-0.05, 0) is 28.1 Å². The van der Waals surface area contributed by atoms with Gasteiger partial charge in [-0.15, -0.1) is 0 Å². The largest absolute Gasteiger partial charge is 0.319 e. The molecule has 2 N–H and O–H groups in total. The monoisotopic (exact) mass is 316 g/mol. The number of rotatable bonds is 2. The number of hydrogen-bond acceptors (Lipinski definition) is 3. The van der Waals surface area contributed by atoms with Gasteiger partial charge in [0.15, 0.2) is 0 Å². The summed E-state index contributed by atoms with van der Waals surface area (Å²) in [6.45, 7) is 0. The summed E-state index contributed by atoms with van der Waals surface area (Å²) in [5.74, 6) is 0. The molecule has 3 rings (SSSR count). The third-order valence-electron chi connectivity index (χ3n) is 3.08. The van der Waals surface area contributed by atoms with Crippen molar-refractivity contribution in [2.45, 2.75) is 6.04 Å². The molecule has 0 radical (unpaired) electrons. The lowest BCUT2D eigenvalue weighted by Gasteiger charge is -2.12. The smallest absolute Gasteiger partial charge is 0.0769 e. The van der Waals surface area contributed by atoms with Crippen molar-refractivity contribution >= 4 is 26.8 Å². The summed E-state index contributed by atoms with van der Waals surface area (Å²) in [7, 11) is 1.87. The number of hydrogen-bond donors (Lipinski definition) is 1. The van der Waals surface area contributed by atoms with E-state index in [1.54, 1.807) is 10.9 Å². The Morgan fingerprint density at radius 2 is 2.11 bits per heavy atom. The molecule has 19 heavy (non-hydrogen) atoms. The summed E-state index contributed by atoms with van der Waals surface area (Å²) in [6, 6.07) is 9.76. The zero-order valence-electron chi connectivity index (χ0n) is 10.4. The minimum absolute atomic E-state index is 0.285. The first-order valence-corrected chi connectivity index (χ1v) is 6.74. The molecular weight excluding hydrogens is 304 g/mol. The van der Waals surface area contributed by atoms with Crippen molar-refractivity contribution in [1.82, 2.24) is 14.8 Å². The van der Waals surface area contributed by atoms with Gasteiger partial charge in [-0.2, -0.15) is 5.10 Å². The predicted molar refractivity (Wildman–Crippen MR) is 78.7 cm³/mol. The standard InChI is InChI=1S/C14H13BrN4/c1-19-8-10(7-17-19)13(16)14-11(15)6-9-4-2-3-5-12(9)18-14/h2-8,13H,16H2,1H3. The van der Waals surface area contributed by atoms with Crippen LogP contribution in [0.25, 0.3) is 10.9 Å². The topological polar surface area (TPSA) is 56.7 Å². The Morgan fingerprint density at radius 1 is 1.32 bits per heavy atom. The molecule has 0 spiro atoms. The van der Waals surface area contributed by atoms with Crippen LogP contribution >= 0.6 is 15.9 Å². The fourth-order valence-corrected chi connectivity index (χ4v) is 2.66. The molecular formula is C14H13BrN4. The molecule has 0 amide bonds. The maximum Gasteiger partial charge on any atom is 0.0769 e. The van der Waals surface area contributed by atoms with Gasteiger partial charge in [-0.3, -0.25) is 4.68 Å². The molecule has 96 valence electrons. The third kappa shape index (κ3) is 2.27. The van der Waals surface area contributed by atoms with Crippen molar-refractivity contribution < 1.29 is 0 Å². The van der Waals surface area contributed by atoms with Crippen LogP contribution in [0.5, 0.6) is 0 Å². The molecule has 0 saturated carbocycles. The number of fused-ring (bicyclic) bond motifs is 1. The first-order chi connectivity index (χ1) is 9.15. The molecule has 4 nitrogen and oxygen atoms in total. The molecule has 0 bridgehead atoms. The SMILES string of the molecule is Cn1cc(C(N)c2nc3ccccc3cc2Br)cn1. The summed E-state index contributed by atoms with van der Waals surface area (Å²) < 4.78 is 2.66. The first kappa shape index (κ1) is 12.3. The van der Waals surface area contributed by atoms with Gasteiger partial charge in [-0.25, -0.2) is 4.98 Å². The van der Waals surface area contributed by atoms with E-state index in [0.29, 0.717) is 0 Å². The number of halogens is 1. The van der Waals surface area contributed by atoms with E-state index in [0.717, 1.165) is 26.6 Å². The number of nitrogens with two attached hydrogens (primary N) is 1. The van der Waals surface area contributed by atoms with E-state index >= 15 is 0 Å². The van der Waals surface area contributed by atoms with Gasteiger partial charge in [0.2, 0.25) is 0 Å². The lowest BCUT2D eigenvalue weighted by Crippen LogP contribution is -2.13. The number of pyridine rings is 1. The lowest BCUT2D eigenvalue weighted by molar-refractivity contribution is 0.763. The van der Waals surface area contributed by atoms with E-state index < -0.39 is 0 Å². The summed E-state index contributed by atoms with van der Waals surface area (Å²) in [5.41, 5.74) is 9.00. The van der Waals surface area contributed by atoms with Gasteiger partial charge >= 0.3 is 0 Å². The van der Waals surface area contributed by atoms with Crippen molar-refractivity contribution in [2.24, 2.45) is 12.8 Å². The molecule has 0 aliphatic carbocycles. The lowest BCUT2D eigenvalue weighted by atomic mass is 10.1. The van der Waals surface area contributed by atoms with Crippen molar-refractivity contribution in [3.05, 3.63) is 58.5 Å². The number of para-hydroxylation sites is 1. The normalized spacial score (nSPS) is 12.8. The molecule has 1 aromatic carbocycles. The fourth-order valence-electron chi connectivity index (χ4n) is 2.08. The van der Waals surface area contributed by atoms with E-state index in [9.17, 15) is 0 Å². The van der Waals surface area contributed by atoms with E-state index in [-0.39, 0.29) is 6.04 Å². The molecule has 0 aliphatic heterocycles. The van der Waals surface area contributed by atoms with Gasteiger partial charge in [0, 0.05) is 28.7 Å². The van der Waals surface area contributed by atoms with Gasteiger partial charge < -0.3 is 5.73 Å².